The molecular weight excluding hydrogens is 282 g/mol. The van der Waals surface area contributed by atoms with Crippen molar-refractivity contribution in [3.8, 4) is 5.75 Å². The van der Waals surface area contributed by atoms with Crippen LogP contribution < -0.4 is 15.7 Å². The lowest BCUT2D eigenvalue weighted by atomic mass is 9.97. The van der Waals surface area contributed by atoms with E-state index in [4.69, 9.17) is 9.15 Å². The van der Waals surface area contributed by atoms with Gasteiger partial charge in [-0.1, -0.05) is 42.5 Å². The molecule has 1 aromatic heterocycles. The number of benzene rings is 2. The highest BCUT2D eigenvalue weighted by Gasteiger charge is 2.32. The highest BCUT2D eigenvalue weighted by molar-refractivity contribution is 5.89. The van der Waals surface area contributed by atoms with E-state index in [9.17, 15) is 9.59 Å². The Morgan fingerprint density at radius 1 is 0.909 bits per heavy atom. The third-order valence-corrected chi connectivity index (χ3v) is 3.68. The first-order valence-electron chi connectivity index (χ1n) is 6.83. The first kappa shape index (κ1) is 12.6. The highest BCUT2D eigenvalue weighted by Crippen LogP contribution is 2.36. The molecule has 0 aliphatic carbocycles. The summed E-state index contributed by atoms with van der Waals surface area (Å²) in [4.78, 5) is 24.3. The number of para-hydroxylation sites is 1. The van der Waals surface area contributed by atoms with Gasteiger partial charge in [0.15, 0.2) is 5.75 Å². The molecule has 1 aliphatic heterocycles. The van der Waals surface area contributed by atoms with E-state index < -0.39 is 17.8 Å². The lowest BCUT2D eigenvalue weighted by Crippen LogP contribution is -2.39. The predicted molar refractivity (Wildman–Crippen MR) is 79.9 cm³/mol. The summed E-state index contributed by atoms with van der Waals surface area (Å²) in [5.74, 6) is 0.268. The quantitative estimate of drug-likeness (QED) is 0.700. The van der Waals surface area contributed by atoms with Gasteiger partial charge in [-0.15, -0.1) is 0 Å². The van der Waals surface area contributed by atoms with Gasteiger partial charge in [-0.05, 0) is 17.7 Å². The number of nitrogens with one attached hydrogen (secondary N) is 1. The molecule has 5 heteroatoms. The van der Waals surface area contributed by atoms with Gasteiger partial charge in [0, 0.05) is 0 Å². The molecule has 1 atom stereocenters. The van der Waals surface area contributed by atoms with Crippen LogP contribution in [-0.2, 0) is 0 Å². The Morgan fingerprint density at radius 2 is 1.64 bits per heavy atom. The van der Waals surface area contributed by atoms with Crippen LogP contribution in [-0.4, -0.2) is 6.09 Å². The standard InChI is InChI=1S/C17H11NO4/c19-16-13-14(10-6-2-1-3-7-10)18-17(20)22-15(13)11-8-4-5-9-12(11)21-16/h1-9,14H,(H,18,20). The molecule has 0 bridgehead atoms. The number of fused-ring (bicyclic) bond motifs is 3. The van der Waals surface area contributed by atoms with Gasteiger partial charge in [0.2, 0.25) is 0 Å². The Kier molecular flexibility index (Phi) is 2.72. The fourth-order valence-electron chi connectivity index (χ4n) is 2.70. The van der Waals surface area contributed by atoms with Gasteiger partial charge in [-0.25, -0.2) is 9.59 Å². The molecule has 108 valence electrons. The van der Waals surface area contributed by atoms with Gasteiger partial charge >= 0.3 is 11.7 Å². The van der Waals surface area contributed by atoms with E-state index in [1.54, 1.807) is 24.3 Å². The Morgan fingerprint density at radius 3 is 2.45 bits per heavy atom. The SMILES string of the molecule is O=C1NC(c2ccccc2)c2c(c3ccccc3oc2=O)O1. The molecule has 2 aromatic carbocycles. The molecule has 1 amide bonds. The van der Waals surface area contributed by atoms with Crippen LogP contribution >= 0.6 is 0 Å². The smallest absolute Gasteiger partial charge is 0.413 e. The molecule has 22 heavy (non-hydrogen) atoms. The molecule has 0 radical (unpaired) electrons. The number of carbonyl (C=O) groups excluding carboxylic acids is 1. The zero-order valence-electron chi connectivity index (χ0n) is 11.4. The Balaban J connectivity index is 2.04. The zero-order valence-corrected chi connectivity index (χ0v) is 11.4. The maximum absolute atomic E-state index is 12.4. The van der Waals surface area contributed by atoms with Crippen LogP contribution in [0.5, 0.6) is 5.75 Å². The van der Waals surface area contributed by atoms with Gasteiger partial charge in [0.05, 0.1) is 11.4 Å². The van der Waals surface area contributed by atoms with Crippen molar-refractivity contribution in [1.29, 1.82) is 0 Å². The van der Waals surface area contributed by atoms with Gasteiger partial charge in [0.25, 0.3) is 0 Å². The minimum atomic E-state index is -0.586. The van der Waals surface area contributed by atoms with Crippen molar-refractivity contribution in [2.45, 2.75) is 6.04 Å². The third-order valence-electron chi connectivity index (χ3n) is 3.68. The first-order chi connectivity index (χ1) is 10.7. The Labute approximate surface area is 125 Å². The third kappa shape index (κ3) is 1.87. The molecule has 0 fully saturated rings. The fourth-order valence-corrected chi connectivity index (χ4v) is 2.70. The summed E-state index contributed by atoms with van der Waals surface area (Å²) in [5.41, 5.74) is 0.989. The minimum absolute atomic E-state index is 0.268. The van der Waals surface area contributed by atoms with Crippen molar-refractivity contribution in [3.05, 3.63) is 76.1 Å². The summed E-state index contributed by atoms with van der Waals surface area (Å²) in [5, 5.41) is 3.28. The summed E-state index contributed by atoms with van der Waals surface area (Å²) < 4.78 is 10.6. The summed E-state index contributed by atoms with van der Waals surface area (Å²) in [6.45, 7) is 0. The van der Waals surface area contributed by atoms with Gasteiger partial charge < -0.3 is 14.5 Å². The Bertz CT molecular complexity index is 930. The molecule has 2 heterocycles. The number of ether oxygens (including phenoxy) is 1. The maximum Gasteiger partial charge on any atom is 0.413 e. The van der Waals surface area contributed by atoms with Gasteiger partial charge in [-0.2, -0.15) is 0 Å². The molecule has 4 rings (SSSR count). The Hall–Kier alpha value is -3.08. The van der Waals surface area contributed by atoms with Crippen LogP contribution in [0.3, 0.4) is 0 Å². The zero-order chi connectivity index (χ0) is 15.1. The topological polar surface area (TPSA) is 68.5 Å². The monoisotopic (exact) mass is 293 g/mol. The lowest BCUT2D eigenvalue weighted by molar-refractivity contribution is 0.191. The normalized spacial score (nSPS) is 16.7. The summed E-state index contributed by atoms with van der Waals surface area (Å²) in [6, 6.07) is 15.7. The average molecular weight is 293 g/mol. The number of amides is 1. The van der Waals surface area contributed by atoms with E-state index in [0.29, 0.717) is 16.5 Å². The second-order valence-corrected chi connectivity index (χ2v) is 5.01. The van der Waals surface area contributed by atoms with Crippen molar-refractivity contribution >= 4 is 17.1 Å². The van der Waals surface area contributed by atoms with Gasteiger partial charge in [-0.3, -0.25) is 0 Å². The predicted octanol–water partition coefficient (Wildman–Crippen LogP) is 2.98. The van der Waals surface area contributed by atoms with Gasteiger partial charge in [0.1, 0.15) is 11.1 Å². The van der Waals surface area contributed by atoms with Crippen molar-refractivity contribution in [2.24, 2.45) is 0 Å². The van der Waals surface area contributed by atoms with E-state index in [1.807, 2.05) is 30.3 Å². The van der Waals surface area contributed by atoms with E-state index in [0.717, 1.165) is 5.56 Å². The largest absolute Gasteiger partial charge is 0.422 e. The molecule has 0 saturated carbocycles. The van der Waals surface area contributed by atoms with Crippen LogP contribution in [0, 0.1) is 0 Å². The molecule has 1 N–H and O–H groups in total. The van der Waals surface area contributed by atoms with E-state index >= 15 is 0 Å². The van der Waals surface area contributed by atoms with Crippen molar-refractivity contribution in [2.75, 3.05) is 0 Å². The number of hydrogen-bond donors (Lipinski definition) is 1. The van der Waals surface area contributed by atoms with Crippen molar-refractivity contribution in [3.63, 3.8) is 0 Å². The first-order valence-corrected chi connectivity index (χ1v) is 6.83. The van der Waals surface area contributed by atoms with Crippen LogP contribution in [0.1, 0.15) is 17.2 Å². The van der Waals surface area contributed by atoms with E-state index in [-0.39, 0.29) is 5.75 Å². The van der Waals surface area contributed by atoms with Crippen LogP contribution in [0.15, 0.2) is 63.8 Å². The molecule has 0 spiro atoms. The number of rotatable bonds is 1. The van der Waals surface area contributed by atoms with Crippen molar-refractivity contribution < 1.29 is 13.9 Å². The van der Waals surface area contributed by atoms with Crippen molar-refractivity contribution in [1.82, 2.24) is 5.32 Å². The summed E-state index contributed by atoms with van der Waals surface area (Å²) in [7, 11) is 0. The maximum atomic E-state index is 12.4. The molecular formula is C17H11NO4. The van der Waals surface area contributed by atoms with Crippen LogP contribution in [0.2, 0.25) is 0 Å². The minimum Gasteiger partial charge on any atom is -0.422 e. The number of hydrogen-bond acceptors (Lipinski definition) is 4. The summed E-state index contributed by atoms with van der Waals surface area (Å²) in [6.07, 6.45) is -0.586. The average Bonchev–Trinajstić information content (AvgIpc) is 2.55. The van der Waals surface area contributed by atoms with E-state index in [2.05, 4.69) is 5.32 Å². The molecule has 1 unspecified atom stereocenters. The second kappa shape index (κ2) is 4.73. The fraction of sp³-hybridized carbons (Fsp3) is 0.0588. The highest BCUT2D eigenvalue weighted by atomic mass is 16.6. The molecule has 0 saturated heterocycles. The molecule has 1 aliphatic rings. The van der Waals surface area contributed by atoms with E-state index in [1.165, 1.54) is 0 Å². The lowest BCUT2D eigenvalue weighted by Gasteiger charge is -2.25. The van der Waals surface area contributed by atoms with Crippen LogP contribution in [0.4, 0.5) is 4.79 Å². The van der Waals surface area contributed by atoms with Crippen LogP contribution in [0.25, 0.3) is 11.0 Å². The number of carbonyl (C=O) groups is 1. The second-order valence-electron chi connectivity index (χ2n) is 5.01. The molecule has 3 aromatic rings. The molecule has 5 nitrogen and oxygen atoms in total. The summed E-state index contributed by atoms with van der Waals surface area (Å²) >= 11 is 0.